The Morgan fingerprint density at radius 2 is 2.17 bits per heavy atom. The van der Waals surface area contributed by atoms with E-state index in [1.54, 1.807) is 0 Å². The van der Waals surface area contributed by atoms with Crippen molar-refractivity contribution in [3.05, 3.63) is 0 Å². The second-order valence-electron chi connectivity index (χ2n) is 2.65. The number of rotatable bonds is 1. The third-order valence-corrected chi connectivity index (χ3v) is 1.92. The Bertz CT molecular complexity index is 190. The van der Waals surface area contributed by atoms with E-state index in [0.717, 1.165) is 0 Å². The number of halogens is 2. The van der Waals surface area contributed by atoms with Crippen LogP contribution in [-0.2, 0) is 0 Å². The van der Waals surface area contributed by atoms with Crippen molar-refractivity contribution in [2.75, 3.05) is 13.2 Å². The molecule has 0 aliphatic carbocycles. The van der Waals surface area contributed by atoms with Crippen LogP contribution in [-0.4, -0.2) is 52.7 Å². The minimum absolute atomic E-state index is 0.498. The summed E-state index contributed by atoms with van der Waals surface area (Å²) in [6, 6.07) is -1.25. The van der Waals surface area contributed by atoms with E-state index in [4.69, 9.17) is 10.2 Å². The minimum atomic E-state index is -1.91. The van der Waals surface area contributed by atoms with Gasteiger partial charge in [-0.1, -0.05) is 0 Å². The predicted molar refractivity (Wildman–Crippen MR) is 35.4 cm³/mol. The van der Waals surface area contributed by atoms with E-state index >= 15 is 0 Å². The molecule has 4 nitrogen and oxygen atoms in total. The molecule has 70 valence electrons. The summed E-state index contributed by atoms with van der Waals surface area (Å²) in [5.74, 6) is 0. The van der Waals surface area contributed by atoms with Crippen LogP contribution in [0.4, 0.5) is 13.6 Å². The third kappa shape index (κ3) is 1.34. The van der Waals surface area contributed by atoms with Crippen molar-refractivity contribution < 1.29 is 23.8 Å². The Balaban J connectivity index is 2.71. The van der Waals surface area contributed by atoms with Crippen molar-refractivity contribution >= 4 is 6.09 Å². The number of aliphatic hydroxyl groups is 1. The molecule has 12 heavy (non-hydrogen) atoms. The van der Waals surface area contributed by atoms with Gasteiger partial charge in [0, 0.05) is 0 Å². The zero-order chi connectivity index (χ0) is 9.30. The molecule has 1 fully saturated rings. The fourth-order valence-electron chi connectivity index (χ4n) is 1.26. The maximum atomic E-state index is 12.8. The second-order valence-corrected chi connectivity index (χ2v) is 2.65. The third-order valence-electron chi connectivity index (χ3n) is 1.92. The van der Waals surface area contributed by atoms with E-state index in [2.05, 4.69) is 0 Å². The van der Waals surface area contributed by atoms with Crippen LogP contribution in [0, 0.1) is 0 Å². The van der Waals surface area contributed by atoms with Gasteiger partial charge < -0.3 is 10.2 Å². The quantitative estimate of drug-likeness (QED) is 0.599. The number of carboxylic acid groups (broad SMARTS) is 1. The largest absolute Gasteiger partial charge is 0.465 e. The number of alkyl halides is 2. The van der Waals surface area contributed by atoms with Crippen LogP contribution in [0.25, 0.3) is 0 Å². The predicted octanol–water partition coefficient (Wildman–Crippen LogP) is 0.0171. The molecule has 0 aromatic carbocycles. The molecular weight excluding hydrogens is 172 g/mol. The van der Waals surface area contributed by atoms with Crippen LogP contribution in [0.5, 0.6) is 0 Å². The van der Waals surface area contributed by atoms with Gasteiger partial charge in [0.2, 0.25) is 0 Å². The first-order valence-corrected chi connectivity index (χ1v) is 3.46. The highest BCUT2D eigenvalue weighted by atomic mass is 19.2. The van der Waals surface area contributed by atoms with Gasteiger partial charge in [0.25, 0.3) is 0 Å². The normalized spacial score (nSPS) is 35.6. The zero-order valence-corrected chi connectivity index (χ0v) is 6.15. The molecule has 1 amide bonds. The van der Waals surface area contributed by atoms with Gasteiger partial charge in [0.05, 0.1) is 19.2 Å². The van der Waals surface area contributed by atoms with Crippen LogP contribution < -0.4 is 0 Å². The lowest BCUT2D eigenvalue weighted by Crippen LogP contribution is -2.40. The van der Waals surface area contributed by atoms with Gasteiger partial charge in [-0.25, -0.2) is 13.6 Å². The highest BCUT2D eigenvalue weighted by molar-refractivity contribution is 5.66. The van der Waals surface area contributed by atoms with Gasteiger partial charge in [-0.15, -0.1) is 0 Å². The molecule has 3 atom stereocenters. The summed E-state index contributed by atoms with van der Waals surface area (Å²) < 4.78 is 25.3. The van der Waals surface area contributed by atoms with Crippen molar-refractivity contribution in [2.45, 2.75) is 18.4 Å². The average Bonchev–Trinajstić information content (AvgIpc) is 2.29. The van der Waals surface area contributed by atoms with Crippen LogP contribution in [0.2, 0.25) is 0 Å². The molecule has 0 aromatic rings. The highest BCUT2D eigenvalue weighted by Gasteiger charge is 2.44. The van der Waals surface area contributed by atoms with E-state index in [0.29, 0.717) is 4.90 Å². The standard InChI is InChI=1S/C6H9F2NO3/c7-3-1-9(6(11)12)4(2-10)5(3)8/h3-5,10H,1-2H2,(H,11,12). The summed E-state index contributed by atoms with van der Waals surface area (Å²) >= 11 is 0. The Morgan fingerprint density at radius 3 is 2.50 bits per heavy atom. The molecule has 3 unspecified atom stereocenters. The van der Waals surface area contributed by atoms with Gasteiger partial charge in [0.15, 0.2) is 12.3 Å². The molecule has 1 aliphatic heterocycles. The van der Waals surface area contributed by atoms with E-state index in [9.17, 15) is 13.6 Å². The van der Waals surface area contributed by atoms with E-state index in [-0.39, 0.29) is 0 Å². The molecule has 0 spiro atoms. The van der Waals surface area contributed by atoms with Gasteiger partial charge in [-0.2, -0.15) is 0 Å². The minimum Gasteiger partial charge on any atom is -0.465 e. The number of amides is 1. The number of hydrogen-bond donors (Lipinski definition) is 2. The molecule has 1 aliphatic rings. The summed E-state index contributed by atoms with van der Waals surface area (Å²) in [4.78, 5) is 10.9. The van der Waals surface area contributed by atoms with Gasteiger partial charge in [-0.3, -0.25) is 4.90 Å². The number of likely N-dealkylation sites (tertiary alicyclic amines) is 1. The highest BCUT2D eigenvalue weighted by Crippen LogP contribution is 2.23. The summed E-state index contributed by atoms with van der Waals surface area (Å²) in [6.07, 6.45) is -5.14. The van der Waals surface area contributed by atoms with Crippen LogP contribution in [0.15, 0.2) is 0 Å². The maximum Gasteiger partial charge on any atom is 0.407 e. The van der Waals surface area contributed by atoms with Gasteiger partial charge in [0.1, 0.15) is 0 Å². The van der Waals surface area contributed by atoms with Crippen LogP contribution in [0.3, 0.4) is 0 Å². The van der Waals surface area contributed by atoms with Crippen LogP contribution in [0.1, 0.15) is 0 Å². The van der Waals surface area contributed by atoms with Crippen molar-refractivity contribution in [1.29, 1.82) is 0 Å². The summed E-state index contributed by atoms with van der Waals surface area (Å²) in [5.41, 5.74) is 0. The van der Waals surface area contributed by atoms with E-state index in [1.807, 2.05) is 0 Å². The fourth-order valence-corrected chi connectivity index (χ4v) is 1.26. The maximum absolute atomic E-state index is 12.8. The average molecular weight is 181 g/mol. The molecular formula is C6H9F2NO3. The van der Waals surface area contributed by atoms with Crippen molar-refractivity contribution in [2.24, 2.45) is 0 Å². The molecule has 2 N–H and O–H groups in total. The Kier molecular flexibility index (Phi) is 2.46. The van der Waals surface area contributed by atoms with Crippen molar-refractivity contribution in [3.63, 3.8) is 0 Å². The SMILES string of the molecule is O=C(O)N1CC(F)C(F)C1CO. The Morgan fingerprint density at radius 1 is 1.58 bits per heavy atom. The summed E-state index contributed by atoms with van der Waals surface area (Å²) in [5, 5.41) is 17.0. The van der Waals surface area contributed by atoms with Crippen molar-refractivity contribution in [3.8, 4) is 0 Å². The number of nitrogens with zero attached hydrogens (tertiary/aromatic N) is 1. The van der Waals surface area contributed by atoms with Gasteiger partial charge in [-0.05, 0) is 0 Å². The van der Waals surface area contributed by atoms with Crippen molar-refractivity contribution in [1.82, 2.24) is 4.90 Å². The first kappa shape index (κ1) is 9.18. The zero-order valence-electron chi connectivity index (χ0n) is 6.15. The first-order chi connectivity index (χ1) is 5.57. The lowest BCUT2D eigenvalue weighted by atomic mass is 10.2. The first-order valence-electron chi connectivity index (χ1n) is 3.46. The molecule has 0 aromatic heterocycles. The molecule has 0 radical (unpaired) electrons. The van der Waals surface area contributed by atoms with E-state index in [1.165, 1.54) is 0 Å². The monoisotopic (exact) mass is 181 g/mol. The number of aliphatic hydroxyl groups excluding tert-OH is 1. The molecule has 1 heterocycles. The lowest BCUT2D eigenvalue weighted by molar-refractivity contribution is 0.0949. The summed E-state index contributed by atoms with van der Waals surface area (Å²) in [6.45, 7) is -1.18. The number of carbonyl (C=O) groups is 1. The molecule has 1 rings (SSSR count). The Labute approximate surface area is 67.4 Å². The van der Waals surface area contributed by atoms with Gasteiger partial charge >= 0.3 is 6.09 Å². The number of hydrogen-bond acceptors (Lipinski definition) is 2. The lowest BCUT2D eigenvalue weighted by Gasteiger charge is -2.19. The fraction of sp³-hybridized carbons (Fsp3) is 0.833. The smallest absolute Gasteiger partial charge is 0.407 e. The molecule has 6 heteroatoms. The molecule has 1 saturated heterocycles. The summed E-state index contributed by atoms with van der Waals surface area (Å²) in [7, 11) is 0. The molecule has 0 bridgehead atoms. The van der Waals surface area contributed by atoms with E-state index < -0.39 is 37.6 Å². The van der Waals surface area contributed by atoms with Crippen LogP contribution >= 0.6 is 0 Å². The molecule has 0 saturated carbocycles. The second kappa shape index (κ2) is 3.22. The topological polar surface area (TPSA) is 60.8 Å². The Hall–Kier alpha value is -0.910.